The zero-order chi connectivity index (χ0) is 22.1. The van der Waals surface area contributed by atoms with Crippen LogP contribution >= 0.6 is 0 Å². The molecule has 3 heterocycles. The molecule has 2 aromatic heterocycles. The lowest BCUT2D eigenvalue weighted by molar-refractivity contribution is 0.121. The Morgan fingerprint density at radius 2 is 2.16 bits per heavy atom. The molecule has 0 unspecified atom stereocenters. The fourth-order valence-electron chi connectivity index (χ4n) is 4.08. The molecule has 8 nitrogen and oxygen atoms in total. The number of amides is 1. The van der Waals surface area contributed by atoms with Crippen LogP contribution in [0, 0.1) is 11.7 Å². The zero-order valence-corrected chi connectivity index (χ0v) is 17.8. The van der Waals surface area contributed by atoms with Crippen molar-refractivity contribution < 1.29 is 19.0 Å². The Kier molecular flexibility index (Phi) is 5.67. The number of ether oxygens (including phenoxy) is 1. The molecular formula is C22H26FN5O3. The number of rotatable bonds is 6. The summed E-state index contributed by atoms with van der Waals surface area (Å²) in [6, 6.07) is 7.98. The van der Waals surface area contributed by atoms with E-state index in [-0.39, 0.29) is 17.8 Å². The van der Waals surface area contributed by atoms with Gasteiger partial charge in [-0.25, -0.2) is 18.7 Å². The van der Waals surface area contributed by atoms with Crippen LogP contribution in [0.5, 0.6) is 5.75 Å². The van der Waals surface area contributed by atoms with E-state index in [1.807, 2.05) is 26.0 Å². The van der Waals surface area contributed by atoms with E-state index in [9.17, 15) is 14.3 Å². The number of halogens is 1. The number of imidazole rings is 1. The molecule has 1 amide bonds. The molecule has 1 aliphatic rings. The fourth-order valence-corrected chi connectivity index (χ4v) is 4.08. The second-order valence-corrected chi connectivity index (χ2v) is 8.17. The first-order valence-electron chi connectivity index (χ1n) is 10.3. The van der Waals surface area contributed by atoms with E-state index < -0.39 is 6.09 Å². The molecule has 0 spiro atoms. The lowest BCUT2D eigenvalue weighted by Crippen LogP contribution is -2.43. The minimum atomic E-state index is -0.890. The second kappa shape index (κ2) is 8.41. The van der Waals surface area contributed by atoms with Crippen LogP contribution in [0.25, 0.3) is 16.9 Å². The number of methoxy groups -OCH3 is 1. The van der Waals surface area contributed by atoms with Gasteiger partial charge < -0.3 is 19.6 Å². The van der Waals surface area contributed by atoms with Gasteiger partial charge in [-0.2, -0.15) is 0 Å². The number of hydrogen-bond acceptors (Lipinski definition) is 5. The SMILES string of the molecule is COc1ccc(F)cc1-c1cnc2ccc(N3CC[C@H](N(CC(C)C)C(=O)O)C3)nn12. The summed E-state index contributed by atoms with van der Waals surface area (Å²) in [6.45, 7) is 5.81. The molecule has 1 N–H and O–H groups in total. The molecule has 1 fully saturated rings. The highest BCUT2D eigenvalue weighted by molar-refractivity contribution is 5.70. The molecular weight excluding hydrogens is 401 g/mol. The molecule has 0 aliphatic carbocycles. The number of anilines is 1. The summed E-state index contributed by atoms with van der Waals surface area (Å²) in [4.78, 5) is 19.7. The highest BCUT2D eigenvalue weighted by atomic mass is 19.1. The molecule has 3 aromatic rings. The standard InChI is InChI=1S/C22H26FN5O3/c1-14(2)12-27(22(29)30)16-8-9-26(13-16)21-7-6-20-24-11-18(28(20)25-21)17-10-15(23)4-5-19(17)31-3/h4-7,10-11,14,16H,8-9,12-13H2,1-3H3,(H,29,30)/t16-/m0/s1. The first-order valence-corrected chi connectivity index (χ1v) is 10.3. The highest BCUT2D eigenvalue weighted by Crippen LogP contribution is 2.31. The second-order valence-electron chi connectivity index (χ2n) is 8.17. The van der Waals surface area contributed by atoms with Gasteiger partial charge in [0.05, 0.1) is 25.0 Å². The Bertz CT molecular complexity index is 1100. The van der Waals surface area contributed by atoms with Gasteiger partial charge in [0, 0.05) is 25.2 Å². The van der Waals surface area contributed by atoms with Crippen LogP contribution in [0.3, 0.4) is 0 Å². The van der Waals surface area contributed by atoms with Gasteiger partial charge in [0.25, 0.3) is 0 Å². The minimum absolute atomic E-state index is 0.0806. The van der Waals surface area contributed by atoms with Gasteiger partial charge in [-0.1, -0.05) is 13.8 Å². The van der Waals surface area contributed by atoms with Crippen molar-refractivity contribution in [1.82, 2.24) is 19.5 Å². The average molecular weight is 427 g/mol. The van der Waals surface area contributed by atoms with Gasteiger partial charge in [-0.05, 0) is 42.7 Å². The fraction of sp³-hybridized carbons (Fsp3) is 0.409. The smallest absolute Gasteiger partial charge is 0.407 e. The molecule has 0 bridgehead atoms. The topological polar surface area (TPSA) is 83.2 Å². The van der Waals surface area contributed by atoms with Crippen molar-refractivity contribution in [3.8, 4) is 17.0 Å². The number of carbonyl (C=O) groups is 1. The van der Waals surface area contributed by atoms with Gasteiger partial charge in [0.2, 0.25) is 0 Å². The molecule has 31 heavy (non-hydrogen) atoms. The van der Waals surface area contributed by atoms with Crippen LogP contribution in [-0.4, -0.2) is 63.5 Å². The number of nitrogens with zero attached hydrogens (tertiary/aromatic N) is 5. The van der Waals surface area contributed by atoms with Crippen molar-refractivity contribution in [1.29, 1.82) is 0 Å². The monoisotopic (exact) mass is 427 g/mol. The normalized spacial score (nSPS) is 16.3. The van der Waals surface area contributed by atoms with Gasteiger partial charge in [-0.3, -0.25) is 0 Å². The molecule has 164 valence electrons. The molecule has 0 saturated carbocycles. The first-order chi connectivity index (χ1) is 14.9. The number of hydrogen-bond donors (Lipinski definition) is 1. The first kappa shape index (κ1) is 20.9. The van der Waals surface area contributed by atoms with Crippen LogP contribution in [0.4, 0.5) is 15.0 Å². The lowest BCUT2D eigenvalue weighted by atomic mass is 10.1. The molecule has 1 atom stereocenters. The number of fused-ring (bicyclic) bond motifs is 1. The predicted molar refractivity (Wildman–Crippen MR) is 115 cm³/mol. The van der Waals surface area contributed by atoms with E-state index in [0.717, 1.165) is 12.2 Å². The Hall–Kier alpha value is -3.36. The van der Waals surface area contributed by atoms with E-state index in [0.29, 0.717) is 42.3 Å². The molecule has 1 aromatic carbocycles. The summed E-state index contributed by atoms with van der Waals surface area (Å²) in [7, 11) is 1.54. The average Bonchev–Trinajstić information content (AvgIpc) is 3.38. The van der Waals surface area contributed by atoms with Crippen molar-refractivity contribution in [3.05, 3.63) is 42.3 Å². The lowest BCUT2D eigenvalue weighted by Gasteiger charge is -2.28. The quantitative estimate of drug-likeness (QED) is 0.645. The molecule has 9 heteroatoms. The maximum Gasteiger partial charge on any atom is 0.407 e. The maximum atomic E-state index is 13.9. The third-order valence-corrected chi connectivity index (χ3v) is 5.52. The largest absolute Gasteiger partial charge is 0.496 e. The van der Waals surface area contributed by atoms with Crippen LogP contribution in [-0.2, 0) is 0 Å². The Balaban J connectivity index is 1.64. The van der Waals surface area contributed by atoms with E-state index in [2.05, 4.69) is 9.88 Å². The van der Waals surface area contributed by atoms with E-state index in [1.54, 1.807) is 16.8 Å². The van der Waals surface area contributed by atoms with Crippen LogP contribution in [0.1, 0.15) is 20.3 Å². The summed E-state index contributed by atoms with van der Waals surface area (Å²) in [6.07, 6.45) is 1.50. The molecule has 4 rings (SSSR count). The number of carboxylic acid groups (broad SMARTS) is 1. The highest BCUT2D eigenvalue weighted by Gasteiger charge is 2.32. The number of benzene rings is 1. The minimum Gasteiger partial charge on any atom is -0.496 e. The van der Waals surface area contributed by atoms with Crippen molar-refractivity contribution in [2.75, 3.05) is 31.6 Å². The third-order valence-electron chi connectivity index (χ3n) is 5.52. The number of aromatic nitrogens is 3. The molecule has 1 saturated heterocycles. The van der Waals surface area contributed by atoms with Crippen molar-refractivity contribution in [2.24, 2.45) is 5.92 Å². The van der Waals surface area contributed by atoms with Gasteiger partial charge >= 0.3 is 6.09 Å². The van der Waals surface area contributed by atoms with E-state index in [1.165, 1.54) is 24.1 Å². The predicted octanol–water partition coefficient (Wildman–Crippen LogP) is 3.76. The van der Waals surface area contributed by atoms with Crippen molar-refractivity contribution in [2.45, 2.75) is 26.3 Å². The van der Waals surface area contributed by atoms with Gasteiger partial charge in [0.15, 0.2) is 5.65 Å². The van der Waals surface area contributed by atoms with Crippen molar-refractivity contribution in [3.63, 3.8) is 0 Å². The zero-order valence-electron chi connectivity index (χ0n) is 17.8. The summed E-state index contributed by atoms with van der Waals surface area (Å²) < 4.78 is 21.0. The van der Waals surface area contributed by atoms with Crippen LogP contribution < -0.4 is 9.64 Å². The van der Waals surface area contributed by atoms with Crippen LogP contribution in [0.15, 0.2) is 36.5 Å². The molecule has 0 radical (unpaired) electrons. The summed E-state index contributed by atoms with van der Waals surface area (Å²) in [5, 5.41) is 14.4. The van der Waals surface area contributed by atoms with E-state index in [4.69, 9.17) is 9.84 Å². The van der Waals surface area contributed by atoms with Gasteiger partial charge in [-0.15, -0.1) is 5.10 Å². The van der Waals surface area contributed by atoms with Crippen molar-refractivity contribution >= 4 is 17.6 Å². The molecule has 1 aliphatic heterocycles. The Labute approximate surface area is 179 Å². The summed E-state index contributed by atoms with van der Waals surface area (Å²) in [5.41, 5.74) is 1.82. The third kappa shape index (κ3) is 4.12. The van der Waals surface area contributed by atoms with Gasteiger partial charge in [0.1, 0.15) is 17.4 Å². The summed E-state index contributed by atoms with van der Waals surface area (Å²) in [5.74, 6) is 1.14. The summed E-state index contributed by atoms with van der Waals surface area (Å²) >= 11 is 0. The maximum absolute atomic E-state index is 13.9. The van der Waals surface area contributed by atoms with Crippen LogP contribution in [0.2, 0.25) is 0 Å². The Morgan fingerprint density at radius 3 is 2.87 bits per heavy atom. The van der Waals surface area contributed by atoms with E-state index >= 15 is 0 Å². The Morgan fingerprint density at radius 1 is 1.35 bits per heavy atom.